The lowest BCUT2D eigenvalue weighted by atomic mass is 10.1. The molecule has 1 saturated heterocycles. The number of rotatable bonds is 2. The zero-order chi connectivity index (χ0) is 13.2. The number of nitrogens with two attached hydrogens (primary N) is 1. The van der Waals surface area contributed by atoms with Gasteiger partial charge in [-0.1, -0.05) is 0 Å². The molecule has 0 bridgehead atoms. The Morgan fingerprint density at radius 1 is 1.37 bits per heavy atom. The van der Waals surface area contributed by atoms with Crippen LogP contribution in [0.5, 0.6) is 0 Å². The number of hydrogen-bond donors (Lipinski definition) is 1. The summed E-state index contributed by atoms with van der Waals surface area (Å²) in [5.41, 5.74) is 8.67. The Hall–Kier alpha value is -1.95. The summed E-state index contributed by atoms with van der Waals surface area (Å²) in [5.74, 6) is 0.755. The molecule has 100 valence electrons. The van der Waals surface area contributed by atoms with Gasteiger partial charge in [0.1, 0.15) is 0 Å². The Morgan fingerprint density at radius 2 is 2.26 bits per heavy atom. The monoisotopic (exact) mass is 259 g/mol. The van der Waals surface area contributed by atoms with Gasteiger partial charge >= 0.3 is 0 Å². The average molecular weight is 259 g/mol. The van der Waals surface area contributed by atoms with Crippen LogP contribution in [0.15, 0.2) is 18.2 Å². The maximum Gasteiger partial charge on any atom is 0.182 e. The molecule has 1 unspecified atom stereocenters. The van der Waals surface area contributed by atoms with E-state index in [0.717, 1.165) is 42.1 Å². The van der Waals surface area contributed by atoms with Gasteiger partial charge < -0.3 is 10.5 Å². The second-order valence-corrected chi connectivity index (χ2v) is 4.95. The molecule has 1 aromatic heterocycles. The molecule has 0 spiro atoms. The van der Waals surface area contributed by atoms with Crippen LogP contribution in [0.2, 0.25) is 0 Å². The van der Waals surface area contributed by atoms with Crippen molar-refractivity contribution in [3.63, 3.8) is 0 Å². The fraction of sp³-hybridized carbons (Fsp3) is 0.462. The number of ether oxygens (including phenoxy) is 1. The van der Waals surface area contributed by atoms with E-state index in [1.807, 2.05) is 29.8 Å². The number of aryl methyl sites for hydroxylation is 1. The van der Waals surface area contributed by atoms with E-state index in [0.29, 0.717) is 6.61 Å². The molecule has 3 rings (SSSR count). The summed E-state index contributed by atoms with van der Waals surface area (Å²) in [7, 11) is 0. The van der Waals surface area contributed by atoms with Crippen molar-refractivity contribution in [3.8, 4) is 11.4 Å². The SMILES string of the molecule is Cc1cc(N)cc(-c2nnnn2C2CCCOC2)c1. The van der Waals surface area contributed by atoms with Crippen LogP contribution in [-0.4, -0.2) is 33.4 Å². The predicted octanol–water partition coefficient (Wildman–Crippen LogP) is 1.58. The first-order chi connectivity index (χ1) is 9.24. The number of tetrazole rings is 1. The molecule has 2 N–H and O–H groups in total. The predicted molar refractivity (Wildman–Crippen MR) is 71.5 cm³/mol. The summed E-state index contributed by atoms with van der Waals surface area (Å²) in [6.45, 7) is 3.50. The van der Waals surface area contributed by atoms with Gasteiger partial charge in [0.05, 0.1) is 12.6 Å². The maximum absolute atomic E-state index is 5.89. The minimum atomic E-state index is 0.209. The zero-order valence-electron chi connectivity index (χ0n) is 10.9. The molecule has 2 aromatic rings. The van der Waals surface area contributed by atoms with E-state index in [2.05, 4.69) is 15.5 Å². The molecule has 2 heterocycles. The van der Waals surface area contributed by atoms with Crippen LogP contribution >= 0.6 is 0 Å². The number of nitrogen functional groups attached to an aromatic ring is 1. The van der Waals surface area contributed by atoms with Crippen LogP contribution in [-0.2, 0) is 4.74 Å². The van der Waals surface area contributed by atoms with Crippen molar-refractivity contribution >= 4 is 5.69 Å². The topological polar surface area (TPSA) is 78.9 Å². The van der Waals surface area contributed by atoms with Gasteiger partial charge in [-0.25, -0.2) is 4.68 Å². The lowest BCUT2D eigenvalue weighted by Crippen LogP contribution is -2.23. The number of anilines is 1. The number of aromatic nitrogens is 4. The highest BCUT2D eigenvalue weighted by Crippen LogP contribution is 2.26. The molecule has 1 fully saturated rings. The van der Waals surface area contributed by atoms with Crippen molar-refractivity contribution in [2.75, 3.05) is 18.9 Å². The molecule has 0 saturated carbocycles. The van der Waals surface area contributed by atoms with E-state index in [-0.39, 0.29) is 6.04 Å². The van der Waals surface area contributed by atoms with Gasteiger partial charge in [0.25, 0.3) is 0 Å². The van der Waals surface area contributed by atoms with Crippen LogP contribution in [0.25, 0.3) is 11.4 Å². The molecule has 1 aromatic carbocycles. The third kappa shape index (κ3) is 2.44. The number of nitrogens with zero attached hydrogens (tertiary/aromatic N) is 4. The quantitative estimate of drug-likeness (QED) is 0.828. The van der Waals surface area contributed by atoms with Crippen molar-refractivity contribution in [1.29, 1.82) is 0 Å². The summed E-state index contributed by atoms with van der Waals surface area (Å²) in [5, 5.41) is 12.0. The van der Waals surface area contributed by atoms with Crippen molar-refractivity contribution in [3.05, 3.63) is 23.8 Å². The van der Waals surface area contributed by atoms with Crippen LogP contribution in [0, 0.1) is 6.92 Å². The van der Waals surface area contributed by atoms with E-state index < -0.39 is 0 Å². The van der Waals surface area contributed by atoms with E-state index in [1.165, 1.54) is 0 Å². The third-order valence-electron chi connectivity index (χ3n) is 3.33. The molecule has 6 nitrogen and oxygen atoms in total. The molecule has 0 radical (unpaired) electrons. The second-order valence-electron chi connectivity index (χ2n) is 4.95. The highest BCUT2D eigenvalue weighted by molar-refractivity contribution is 5.62. The van der Waals surface area contributed by atoms with E-state index in [4.69, 9.17) is 10.5 Å². The van der Waals surface area contributed by atoms with Crippen LogP contribution in [0.4, 0.5) is 5.69 Å². The lowest BCUT2D eigenvalue weighted by molar-refractivity contribution is 0.0548. The van der Waals surface area contributed by atoms with Crippen molar-refractivity contribution in [1.82, 2.24) is 20.2 Å². The van der Waals surface area contributed by atoms with E-state index in [9.17, 15) is 0 Å². The Labute approximate surface area is 111 Å². The summed E-state index contributed by atoms with van der Waals surface area (Å²) >= 11 is 0. The van der Waals surface area contributed by atoms with E-state index in [1.54, 1.807) is 0 Å². The average Bonchev–Trinajstić information content (AvgIpc) is 2.88. The van der Waals surface area contributed by atoms with Crippen LogP contribution < -0.4 is 5.73 Å². The minimum Gasteiger partial charge on any atom is -0.399 e. The van der Waals surface area contributed by atoms with Gasteiger partial charge in [-0.2, -0.15) is 0 Å². The first-order valence-corrected chi connectivity index (χ1v) is 6.47. The highest BCUT2D eigenvalue weighted by Gasteiger charge is 2.21. The fourth-order valence-electron chi connectivity index (χ4n) is 2.49. The van der Waals surface area contributed by atoms with Gasteiger partial charge in [0.15, 0.2) is 5.82 Å². The molecule has 6 heteroatoms. The third-order valence-corrected chi connectivity index (χ3v) is 3.33. The molecule has 19 heavy (non-hydrogen) atoms. The first kappa shape index (κ1) is 12.1. The highest BCUT2D eigenvalue weighted by atomic mass is 16.5. The molecule has 1 atom stereocenters. The van der Waals surface area contributed by atoms with Gasteiger partial charge in [0, 0.05) is 17.9 Å². The van der Waals surface area contributed by atoms with Crippen molar-refractivity contribution < 1.29 is 4.74 Å². The van der Waals surface area contributed by atoms with Gasteiger partial charge in [0.2, 0.25) is 0 Å². The summed E-state index contributed by atoms with van der Waals surface area (Å²) in [6, 6.07) is 6.09. The fourth-order valence-corrected chi connectivity index (χ4v) is 2.49. The Kier molecular flexibility index (Phi) is 3.16. The first-order valence-electron chi connectivity index (χ1n) is 6.47. The minimum absolute atomic E-state index is 0.209. The zero-order valence-corrected chi connectivity index (χ0v) is 10.9. The van der Waals surface area contributed by atoms with Crippen LogP contribution in [0.3, 0.4) is 0 Å². The molecule has 0 aliphatic carbocycles. The van der Waals surface area contributed by atoms with Crippen molar-refractivity contribution in [2.24, 2.45) is 0 Å². The Morgan fingerprint density at radius 3 is 3.00 bits per heavy atom. The van der Waals surface area contributed by atoms with Gasteiger partial charge in [-0.05, 0) is 54.0 Å². The summed E-state index contributed by atoms with van der Waals surface area (Å²) in [4.78, 5) is 0. The molecular formula is C13H17N5O. The molecule has 1 aliphatic rings. The molecule has 1 aliphatic heterocycles. The lowest BCUT2D eigenvalue weighted by Gasteiger charge is -2.22. The Bertz CT molecular complexity index is 554. The van der Waals surface area contributed by atoms with Gasteiger partial charge in [-0.3, -0.25) is 0 Å². The van der Waals surface area contributed by atoms with Gasteiger partial charge in [-0.15, -0.1) is 5.10 Å². The second kappa shape index (κ2) is 4.97. The summed E-state index contributed by atoms with van der Waals surface area (Å²) < 4.78 is 7.36. The summed E-state index contributed by atoms with van der Waals surface area (Å²) in [6.07, 6.45) is 2.08. The van der Waals surface area contributed by atoms with Crippen molar-refractivity contribution in [2.45, 2.75) is 25.8 Å². The molecule has 0 amide bonds. The smallest absolute Gasteiger partial charge is 0.182 e. The molecular weight excluding hydrogens is 242 g/mol. The largest absolute Gasteiger partial charge is 0.399 e. The van der Waals surface area contributed by atoms with E-state index >= 15 is 0 Å². The van der Waals surface area contributed by atoms with Crippen LogP contribution in [0.1, 0.15) is 24.4 Å². The standard InChI is InChI=1S/C13H17N5O/c1-9-5-10(7-11(14)6-9)13-15-16-17-18(13)12-3-2-4-19-8-12/h5-7,12H,2-4,8,14H2,1H3. The normalized spacial score (nSPS) is 19.5. The number of benzene rings is 1. The maximum atomic E-state index is 5.89. The Balaban J connectivity index is 1.98. The number of hydrogen-bond acceptors (Lipinski definition) is 5.